The average Bonchev–Trinajstić information content (AvgIpc) is 3.12. The number of amides is 1. The number of carbonyl (C=O) groups excluding carboxylic acids is 1. The fourth-order valence-corrected chi connectivity index (χ4v) is 3.43. The van der Waals surface area contributed by atoms with Crippen molar-refractivity contribution >= 4 is 11.7 Å². The summed E-state index contributed by atoms with van der Waals surface area (Å²) in [4.78, 5) is 24.9. The van der Waals surface area contributed by atoms with E-state index in [1.165, 1.54) is 11.0 Å². The maximum atomic E-state index is 14.0. The highest BCUT2D eigenvalue weighted by Gasteiger charge is 2.26. The summed E-state index contributed by atoms with van der Waals surface area (Å²) in [5.74, 6) is 0.653. The maximum Gasteiger partial charge on any atom is 0.291 e. The smallest absolute Gasteiger partial charge is 0.291 e. The zero-order valence-corrected chi connectivity index (χ0v) is 17.2. The lowest BCUT2D eigenvalue weighted by Crippen LogP contribution is -2.33. The zero-order chi connectivity index (χ0) is 20.4. The summed E-state index contributed by atoms with van der Waals surface area (Å²) in [7, 11) is 3.39. The molecule has 1 aliphatic rings. The monoisotopic (exact) mass is 385 g/mol. The van der Waals surface area contributed by atoms with Crippen LogP contribution in [0.3, 0.4) is 0 Å². The number of nitrogens with one attached hydrogen (secondary N) is 1. The number of carbonyl (C=O) groups is 1. The predicted molar refractivity (Wildman–Crippen MR) is 108 cm³/mol. The van der Waals surface area contributed by atoms with Crippen molar-refractivity contribution in [3.05, 3.63) is 52.2 Å². The van der Waals surface area contributed by atoms with Gasteiger partial charge in [0.15, 0.2) is 0 Å². The SMILES string of the molecule is Cc1ccc(F)c(CN[C@@H]2CCN(c3nc(C(=O)N(C)C)nc(C)c3C)C2)c1. The Morgan fingerprint density at radius 3 is 2.75 bits per heavy atom. The highest BCUT2D eigenvalue weighted by atomic mass is 19.1. The molecule has 150 valence electrons. The summed E-state index contributed by atoms with van der Waals surface area (Å²) >= 11 is 0. The Labute approximate surface area is 165 Å². The summed E-state index contributed by atoms with van der Waals surface area (Å²) in [5.41, 5.74) is 3.54. The normalized spacial score (nSPS) is 16.5. The van der Waals surface area contributed by atoms with Crippen LogP contribution >= 0.6 is 0 Å². The van der Waals surface area contributed by atoms with E-state index < -0.39 is 0 Å². The quantitative estimate of drug-likeness (QED) is 0.857. The van der Waals surface area contributed by atoms with Crippen LogP contribution < -0.4 is 10.2 Å². The Hall–Kier alpha value is -2.54. The van der Waals surface area contributed by atoms with Gasteiger partial charge >= 0.3 is 0 Å². The van der Waals surface area contributed by atoms with Crippen molar-refractivity contribution in [1.29, 1.82) is 0 Å². The molecule has 1 atom stereocenters. The molecule has 0 aliphatic carbocycles. The van der Waals surface area contributed by atoms with Crippen molar-refractivity contribution in [2.75, 3.05) is 32.1 Å². The van der Waals surface area contributed by atoms with Gasteiger partial charge in [0.1, 0.15) is 11.6 Å². The molecule has 0 radical (unpaired) electrons. The number of nitrogens with zero attached hydrogens (tertiary/aromatic N) is 4. The van der Waals surface area contributed by atoms with E-state index in [1.54, 1.807) is 20.2 Å². The van der Waals surface area contributed by atoms with Crippen molar-refractivity contribution in [3.63, 3.8) is 0 Å². The van der Waals surface area contributed by atoms with Gasteiger partial charge in [0, 0.05) is 56.6 Å². The van der Waals surface area contributed by atoms with Gasteiger partial charge in [-0.05, 0) is 33.3 Å². The summed E-state index contributed by atoms with van der Waals surface area (Å²) in [6, 6.07) is 5.42. The molecule has 6 nitrogen and oxygen atoms in total. The van der Waals surface area contributed by atoms with Crippen LogP contribution in [0.1, 0.15) is 39.4 Å². The first-order chi connectivity index (χ1) is 13.3. The standard InChI is InChI=1S/C21H28FN5O/c1-13-6-7-18(22)16(10-13)11-23-17-8-9-27(12-17)20-14(2)15(3)24-19(25-20)21(28)26(4)5/h6-7,10,17,23H,8-9,11-12H2,1-5H3/t17-/m1/s1. The van der Waals surface area contributed by atoms with Gasteiger partial charge in [0.25, 0.3) is 5.91 Å². The lowest BCUT2D eigenvalue weighted by molar-refractivity contribution is 0.0815. The first-order valence-corrected chi connectivity index (χ1v) is 9.56. The molecular weight excluding hydrogens is 357 g/mol. The van der Waals surface area contributed by atoms with Crippen LogP contribution in [0.25, 0.3) is 0 Å². The third-order valence-electron chi connectivity index (χ3n) is 5.23. The second-order valence-corrected chi connectivity index (χ2v) is 7.69. The van der Waals surface area contributed by atoms with Gasteiger partial charge in [0.2, 0.25) is 5.82 Å². The number of benzene rings is 1. The highest BCUT2D eigenvalue weighted by molar-refractivity contribution is 5.90. The summed E-state index contributed by atoms with van der Waals surface area (Å²) in [6.45, 7) is 7.95. The Kier molecular flexibility index (Phi) is 5.93. The van der Waals surface area contributed by atoms with Gasteiger partial charge in [-0.1, -0.05) is 17.7 Å². The van der Waals surface area contributed by atoms with Gasteiger partial charge in [-0.15, -0.1) is 0 Å². The number of aryl methyl sites for hydroxylation is 2. The van der Waals surface area contributed by atoms with E-state index in [-0.39, 0.29) is 23.6 Å². The molecule has 28 heavy (non-hydrogen) atoms. The van der Waals surface area contributed by atoms with Gasteiger partial charge in [-0.3, -0.25) is 4.79 Å². The Bertz CT molecular complexity index is 883. The van der Waals surface area contributed by atoms with E-state index in [1.807, 2.05) is 26.8 Å². The lowest BCUT2D eigenvalue weighted by Gasteiger charge is -2.22. The van der Waals surface area contributed by atoms with Gasteiger partial charge in [-0.2, -0.15) is 0 Å². The van der Waals surface area contributed by atoms with Crippen molar-refractivity contribution < 1.29 is 9.18 Å². The second-order valence-electron chi connectivity index (χ2n) is 7.69. The number of rotatable bonds is 5. The molecule has 2 aromatic rings. The summed E-state index contributed by atoms with van der Waals surface area (Å²) < 4.78 is 14.0. The molecule has 0 saturated carbocycles. The van der Waals surface area contributed by atoms with Gasteiger partial charge < -0.3 is 15.1 Å². The number of hydrogen-bond acceptors (Lipinski definition) is 5. The Morgan fingerprint density at radius 1 is 1.29 bits per heavy atom. The molecule has 1 saturated heterocycles. The fraction of sp³-hybridized carbons (Fsp3) is 0.476. The van der Waals surface area contributed by atoms with E-state index in [0.29, 0.717) is 12.1 Å². The molecule has 1 aromatic carbocycles. The molecule has 1 N–H and O–H groups in total. The largest absolute Gasteiger partial charge is 0.355 e. The first kappa shape index (κ1) is 20.2. The van der Waals surface area contributed by atoms with Crippen LogP contribution in [-0.4, -0.2) is 54.0 Å². The molecule has 1 amide bonds. The van der Waals surface area contributed by atoms with Crippen LogP contribution in [0.15, 0.2) is 18.2 Å². The highest BCUT2D eigenvalue weighted by Crippen LogP contribution is 2.24. The minimum Gasteiger partial charge on any atom is -0.355 e. The molecule has 7 heteroatoms. The molecule has 1 fully saturated rings. The van der Waals surface area contributed by atoms with E-state index >= 15 is 0 Å². The average molecular weight is 385 g/mol. The molecule has 3 rings (SSSR count). The third kappa shape index (κ3) is 4.30. The Balaban J connectivity index is 1.71. The number of aromatic nitrogens is 2. The minimum absolute atomic E-state index is 0.179. The van der Waals surface area contributed by atoms with Crippen LogP contribution in [0.4, 0.5) is 10.2 Å². The van der Waals surface area contributed by atoms with E-state index in [0.717, 1.165) is 42.1 Å². The van der Waals surface area contributed by atoms with E-state index in [4.69, 9.17) is 0 Å². The number of hydrogen-bond donors (Lipinski definition) is 1. The maximum absolute atomic E-state index is 14.0. The van der Waals surface area contributed by atoms with E-state index in [2.05, 4.69) is 20.2 Å². The fourth-order valence-electron chi connectivity index (χ4n) is 3.43. The number of anilines is 1. The first-order valence-electron chi connectivity index (χ1n) is 9.56. The molecule has 2 heterocycles. The van der Waals surface area contributed by atoms with Crippen LogP contribution in [0.5, 0.6) is 0 Å². The molecule has 0 unspecified atom stereocenters. The van der Waals surface area contributed by atoms with Crippen LogP contribution in [-0.2, 0) is 6.54 Å². The second kappa shape index (κ2) is 8.22. The van der Waals surface area contributed by atoms with Crippen molar-refractivity contribution in [2.45, 2.75) is 39.8 Å². The van der Waals surface area contributed by atoms with Gasteiger partial charge in [0.05, 0.1) is 0 Å². The van der Waals surface area contributed by atoms with Crippen molar-refractivity contribution in [3.8, 4) is 0 Å². The summed E-state index contributed by atoms with van der Waals surface area (Å²) in [5, 5.41) is 3.46. The minimum atomic E-state index is -0.201. The van der Waals surface area contributed by atoms with Crippen molar-refractivity contribution in [2.24, 2.45) is 0 Å². The molecule has 0 bridgehead atoms. The Morgan fingerprint density at radius 2 is 2.04 bits per heavy atom. The van der Waals surface area contributed by atoms with Crippen LogP contribution in [0, 0.1) is 26.6 Å². The number of halogens is 1. The third-order valence-corrected chi connectivity index (χ3v) is 5.23. The van der Waals surface area contributed by atoms with E-state index in [9.17, 15) is 9.18 Å². The molecule has 1 aromatic heterocycles. The topological polar surface area (TPSA) is 61.4 Å². The van der Waals surface area contributed by atoms with Gasteiger partial charge in [-0.25, -0.2) is 14.4 Å². The zero-order valence-electron chi connectivity index (χ0n) is 17.2. The molecule has 0 spiro atoms. The molecule has 1 aliphatic heterocycles. The van der Waals surface area contributed by atoms with Crippen molar-refractivity contribution in [1.82, 2.24) is 20.2 Å². The molecular formula is C21H28FN5O. The summed E-state index contributed by atoms with van der Waals surface area (Å²) in [6.07, 6.45) is 0.937. The van der Waals surface area contributed by atoms with Crippen LogP contribution in [0.2, 0.25) is 0 Å². The lowest BCUT2D eigenvalue weighted by atomic mass is 10.1. The predicted octanol–water partition coefficient (Wildman–Crippen LogP) is 2.61.